The van der Waals surface area contributed by atoms with Gasteiger partial charge in [-0.05, 0) is 62.2 Å². The molecule has 0 spiro atoms. The van der Waals surface area contributed by atoms with E-state index in [2.05, 4.69) is 9.44 Å². The number of hydrogen-bond donors (Lipinski definition) is 2. The van der Waals surface area contributed by atoms with Gasteiger partial charge in [0.25, 0.3) is 25.7 Å². The SMILES string of the molecule is COc1ccc([N+](=O)[O-])cc1S(=O)(=O)Nc1cc(C)c(NS(=O)(=O)c2ccc(C)cc2)cc1C. The number of nitrogens with one attached hydrogen (secondary N) is 2. The first-order valence-electron chi connectivity index (χ1n) is 9.90. The van der Waals surface area contributed by atoms with Crippen molar-refractivity contribution in [3.05, 3.63) is 81.4 Å². The van der Waals surface area contributed by atoms with Gasteiger partial charge in [-0.3, -0.25) is 19.6 Å². The Morgan fingerprint density at radius 1 is 0.794 bits per heavy atom. The molecule has 0 unspecified atom stereocenters. The van der Waals surface area contributed by atoms with Crippen LogP contribution in [0.15, 0.2) is 64.4 Å². The second-order valence-corrected chi connectivity index (χ2v) is 10.9. The Morgan fingerprint density at radius 2 is 1.32 bits per heavy atom. The second kappa shape index (κ2) is 9.31. The van der Waals surface area contributed by atoms with Crippen LogP contribution in [0, 0.1) is 30.9 Å². The molecular formula is C22H23N3O7S2. The van der Waals surface area contributed by atoms with Crippen LogP contribution in [0.25, 0.3) is 0 Å². The molecule has 34 heavy (non-hydrogen) atoms. The number of hydrogen-bond acceptors (Lipinski definition) is 7. The van der Waals surface area contributed by atoms with Gasteiger partial charge in [0, 0.05) is 12.1 Å². The van der Waals surface area contributed by atoms with E-state index in [1.165, 1.54) is 37.4 Å². The summed E-state index contributed by atoms with van der Waals surface area (Å²) in [6, 6.07) is 12.6. The number of methoxy groups -OCH3 is 1. The van der Waals surface area contributed by atoms with Crippen molar-refractivity contribution >= 4 is 37.1 Å². The lowest BCUT2D eigenvalue weighted by Crippen LogP contribution is -2.17. The fourth-order valence-electron chi connectivity index (χ4n) is 3.15. The summed E-state index contributed by atoms with van der Waals surface area (Å²) in [6.45, 7) is 5.07. The molecule has 180 valence electrons. The Balaban J connectivity index is 1.94. The Hall–Kier alpha value is -3.64. The van der Waals surface area contributed by atoms with Crippen LogP contribution in [0.2, 0.25) is 0 Å². The van der Waals surface area contributed by atoms with Crippen LogP contribution in [0.5, 0.6) is 5.75 Å². The maximum absolute atomic E-state index is 13.0. The van der Waals surface area contributed by atoms with Gasteiger partial charge in [0.15, 0.2) is 0 Å². The summed E-state index contributed by atoms with van der Waals surface area (Å²) in [5.41, 5.74) is 1.88. The van der Waals surface area contributed by atoms with Crippen LogP contribution in [0.1, 0.15) is 16.7 Å². The quantitative estimate of drug-likeness (QED) is 0.346. The van der Waals surface area contributed by atoms with Gasteiger partial charge in [-0.15, -0.1) is 0 Å². The lowest BCUT2D eigenvalue weighted by molar-refractivity contribution is -0.385. The summed E-state index contributed by atoms with van der Waals surface area (Å²) in [7, 11) is -6.86. The average molecular weight is 506 g/mol. The fraction of sp³-hybridized carbons (Fsp3) is 0.182. The zero-order chi connectivity index (χ0) is 25.3. The van der Waals surface area contributed by atoms with Crippen molar-refractivity contribution < 1.29 is 26.5 Å². The number of nitro groups is 1. The standard InChI is InChI=1S/C22H23N3O7S2/c1-14-5-8-18(9-6-14)33(28,29)23-19-11-16(3)20(12-15(19)2)24-34(30,31)22-13-17(25(26)27)7-10-21(22)32-4/h5-13,23-24H,1-4H3. The average Bonchev–Trinajstić information content (AvgIpc) is 2.76. The zero-order valence-electron chi connectivity index (χ0n) is 18.8. The van der Waals surface area contributed by atoms with Crippen LogP contribution in [0.3, 0.4) is 0 Å². The first-order valence-corrected chi connectivity index (χ1v) is 12.9. The summed E-state index contributed by atoms with van der Waals surface area (Å²) >= 11 is 0. The fourth-order valence-corrected chi connectivity index (χ4v) is 5.58. The zero-order valence-corrected chi connectivity index (χ0v) is 20.5. The van der Waals surface area contributed by atoms with Crippen molar-refractivity contribution in [2.45, 2.75) is 30.6 Å². The van der Waals surface area contributed by atoms with E-state index in [1.807, 2.05) is 6.92 Å². The normalized spacial score (nSPS) is 11.6. The highest BCUT2D eigenvalue weighted by Crippen LogP contribution is 2.32. The molecule has 0 saturated heterocycles. The van der Waals surface area contributed by atoms with Crippen LogP contribution in [-0.4, -0.2) is 28.9 Å². The van der Waals surface area contributed by atoms with E-state index in [0.717, 1.165) is 17.7 Å². The third-order valence-electron chi connectivity index (χ3n) is 5.04. The van der Waals surface area contributed by atoms with Crippen LogP contribution in [0.4, 0.5) is 17.1 Å². The predicted molar refractivity (Wildman–Crippen MR) is 128 cm³/mol. The van der Waals surface area contributed by atoms with Gasteiger partial charge in [0.1, 0.15) is 10.6 Å². The number of non-ortho nitro benzene ring substituents is 1. The number of nitrogens with zero attached hydrogens (tertiary/aromatic N) is 1. The molecule has 0 saturated carbocycles. The second-order valence-electron chi connectivity index (χ2n) is 7.60. The van der Waals surface area contributed by atoms with Gasteiger partial charge < -0.3 is 4.74 Å². The lowest BCUT2D eigenvalue weighted by atomic mass is 10.1. The van der Waals surface area contributed by atoms with Crippen molar-refractivity contribution in [1.29, 1.82) is 0 Å². The summed E-state index contributed by atoms with van der Waals surface area (Å²) < 4.78 is 61.5. The van der Waals surface area contributed by atoms with Crippen molar-refractivity contribution in [1.82, 2.24) is 0 Å². The van der Waals surface area contributed by atoms with Gasteiger partial charge >= 0.3 is 0 Å². The molecule has 0 aliphatic heterocycles. The minimum atomic E-state index is -4.26. The molecule has 0 amide bonds. The first-order chi connectivity index (χ1) is 15.8. The molecule has 10 nitrogen and oxygen atoms in total. The molecule has 0 heterocycles. The van der Waals surface area contributed by atoms with Crippen molar-refractivity contribution in [2.75, 3.05) is 16.6 Å². The maximum Gasteiger partial charge on any atom is 0.271 e. The van der Waals surface area contributed by atoms with Crippen molar-refractivity contribution in [3.63, 3.8) is 0 Å². The topological polar surface area (TPSA) is 145 Å². The maximum atomic E-state index is 13.0. The highest BCUT2D eigenvalue weighted by molar-refractivity contribution is 7.93. The Morgan fingerprint density at radius 3 is 1.82 bits per heavy atom. The van der Waals surface area contributed by atoms with Gasteiger partial charge in [-0.25, -0.2) is 16.8 Å². The van der Waals surface area contributed by atoms with Gasteiger partial charge in [-0.2, -0.15) is 0 Å². The molecule has 0 atom stereocenters. The Kier molecular flexibility index (Phi) is 6.84. The molecule has 2 N–H and O–H groups in total. The third kappa shape index (κ3) is 5.29. The van der Waals surface area contributed by atoms with E-state index < -0.39 is 35.6 Å². The van der Waals surface area contributed by atoms with E-state index in [1.54, 1.807) is 26.0 Å². The number of sulfonamides is 2. The number of ether oxygens (including phenoxy) is 1. The monoisotopic (exact) mass is 505 g/mol. The minimum absolute atomic E-state index is 0.0602. The smallest absolute Gasteiger partial charge is 0.271 e. The Labute approximate surface area is 197 Å². The largest absolute Gasteiger partial charge is 0.495 e. The van der Waals surface area contributed by atoms with E-state index in [0.29, 0.717) is 11.1 Å². The first kappa shape index (κ1) is 25.0. The highest BCUT2D eigenvalue weighted by Gasteiger charge is 2.24. The summed E-state index contributed by atoms with van der Waals surface area (Å²) in [4.78, 5) is 10.1. The summed E-state index contributed by atoms with van der Waals surface area (Å²) in [5.74, 6) is -0.0602. The van der Waals surface area contributed by atoms with E-state index in [-0.39, 0.29) is 22.0 Å². The lowest BCUT2D eigenvalue weighted by Gasteiger charge is -2.17. The molecule has 0 aromatic heterocycles. The summed E-state index contributed by atoms with van der Waals surface area (Å²) in [5, 5.41) is 11.1. The van der Waals surface area contributed by atoms with Crippen LogP contribution < -0.4 is 14.2 Å². The van der Waals surface area contributed by atoms with E-state index in [9.17, 15) is 26.9 Å². The number of benzene rings is 3. The number of aryl methyl sites for hydroxylation is 3. The molecule has 3 aromatic rings. The van der Waals surface area contributed by atoms with Crippen molar-refractivity contribution in [2.24, 2.45) is 0 Å². The van der Waals surface area contributed by atoms with Crippen LogP contribution >= 0.6 is 0 Å². The van der Waals surface area contributed by atoms with E-state index >= 15 is 0 Å². The minimum Gasteiger partial charge on any atom is -0.495 e. The molecule has 0 aliphatic carbocycles. The van der Waals surface area contributed by atoms with Crippen LogP contribution in [-0.2, 0) is 20.0 Å². The molecule has 0 aliphatic rings. The Bertz CT molecular complexity index is 1470. The molecule has 0 fully saturated rings. The van der Waals surface area contributed by atoms with Gasteiger partial charge in [0.2, 0.25) is 0 Å². The number of rotatable bonds is 8. The van der Waals surface area contributed by atoms with Gasteiger partial charge in [0.05, 0.1) is 28.3 Å². The molecular weight excluding hydrogens is 482 g/mol. The van der Waals surface area contributed by atoms with Gasteiger partial charge in [-0.1, -0.05) is 17.7 Å². The number of nitro benzene ring substituents is 1. The number of anilines is 2. The van der Waals surface area contributed by atoms with E-state index in [4.69, 9.17) is 4.74 Å². The summed E-state index contributed by atoms with van der Waals surface area (Å²) in [6.07, 6.45) is 0. The highest BCUT2D eigenvalue weighted by atomic mass is 32.2. The molecule has 3 rings (SSSR count). The molecule has 0 radical (unpaired) electrons. The third-order valence-corrected chi connectivity index (χ3v) is 7.81. The molecule has 3 aromatic carbocycles. The molecule has 0 bridgehead atoms. The molecule has 12 heteroatoms. The van der Waals surface area contributed by atoms with Crippen molar-refractivity contribution in [3.8, 4) is 5.75 Å². The predicted octanol–water partition coefficient (Wildman–Crippen LogP) is 4.13.